The number of benzene rings is 1. The molecule has 1 aromatic carbocycles. The molecule has 3 amide bonds. The highest BCUT2D eigenvalue weighted by Gasteiger charge is 2.26. The maximum Gasteiger partial charge on any atom is 0.321 e. The Kier molecular flexibility index (Phi) is 8.34. The lowest BCUT2D eigenvalue weighted by molar-refractivity contribution is -0.124. The van der Waals surface area contributed by atoms with Gasteiger partial charge in [0.05, 0.1) is 6.04 Å². The maximum absolute atomic E-state index is 12.3. The second-order valence-electron chi connectivity index (χ2n) is 7.02. The van der Waals surface area contributed by atoms with Gasteiger partial charge in [-0.15, -0.1) is 12.4 Å². The fourth-order valence-corrected chi connectivity index (χ4v) is 3.48. The summed E-state index contributed by atoms with van der Waals surface area (Å²) in [5, 5.41) is 5.83. The number of nitrogens with one attached hydrogen (secondary N) is 2. The average molecular weight is 397 g/mol. The number of hydrogen-bond donors (Lipinski definition) is 3. The van der Waals surface area contributed by atoms with Gasteiger partial charge in [-0.05, 0) is 49.3 Å². The van der Waals surface area contributed by atoms with Gasteiger partial charge in [0.1, 0.15) is 0 Å². The van der Waals surface area contributed by atoms with Crippen LogP contribution in [0.2, 0.25) is 0 Å². The molecule has 0 saturated carbocycles. The number of carbonyl (C=O) groups is 2. The first-order valence-corrected chi connectivity index (χ1v) is 9.39. The van der Waals surface area contributed by atoms with Crippen molar-refractivity contribution in [3.05, 3.63) is 29.8 Å². The Morgan fingerprint density at radius 3 is 2.63 bits per heavy atom. The zero-order valence-electron chi connectivity index (χ0n) is 15.5. The van der Waals surface area contributed by atoms with Gasteiger partial charge in [-0.25, -0.2) is 4.79 Å². The second-order valence-corrected chi connectivity index (χ2v) is 7.02. The number of amides is 3. The van der Waals surface area contributed by atoms with Crippen molar-refractivity contribution in [3.63, 3.8) is 0 Å². The number of hydrogen-bond acceptors (Lipinski definition) is 4. The van der Waals surface area contributed by atoms with Gasteiger partial charge in [0.25, 0.3) is 0 Å². The molecule has 0 aliphatic carbocycles. The van der Waals surface area contributed by atoms with E-state index in [1.165, 1.54) is 0 Å². The van der Waals surface area contributed by atoms with Crippen LogP contribution in [0.4, 0.5) is 10.5 Å². The lowest BCUT2D eigenvalue weighted by Gasteiger charge is -2.26. The predicted molar refractivity (Wildman–Crippen MR) is 107 cm³/mol. The topological polar surface area (TPSA) is 96.7 Å². The van der Waals surface area contributed by atoms with E-state index in [9.17, 15) is 9.59 Å². The Bertz CT molecular complexity index is 631. The third-order valence-corrected chi connectivity index (χ3v) is 5.11. The molecule has 0 spiro atoms. The molecule has 1 unspecified atom stereocenters. The standard InChI is InChI=1S/C19H28N4O3.ClH/c20-17(15-6-10-26-11-7-15)18(24)21-13-14-4-3-5-16(12-14)22-19(25)23-8-1-2-9-23;/h3-5,12,15,17H,1-2,6-11,13,20H2,(H,21,24)(H,22,25);1H. The van der Waals surface area contributed by atoms with E-state index in [1.54, 1.807) is 0 Å². The lowest BCUT2D eigenvalue weighted by Crippen LogP contribution is -2.46. The first-order valence-electron chi connectivity index (χ1n) is 9.39. The summed E-state index contributed by atoms with van der Waals surface area (Å²) in [6.45, 7) is 3.36. The van der Waals surface area contributed by atoms with E-state index in [2.05, 4.69) is 10.6 Å². The van der Waals surface area contributed by atoms with Crippen molar-refractivity contribution in [2.45, 2.75) is 38.3 Å². The Morgan fingerprint density at radius 1 is 1.22 bits per heavy atom. The van der Waals surface area contributed by atoms with Crippen LogP contribution in [0.15, 0.2) is 24.3 Å². The largest absolute Gasteiger partial charge is 0.381 e. The van der Waals surface area contributed by atoms with Crippen LogP contribution in [0, 0.1) is 5.92 Å². The van der Waals surface area contributed by atoms with Crippen molar-refractivity contribution in [1.29, 1.82) is 0 Å². The van der Waals surface area contributed by atoms with Crippen molar-refractivity contribution >= 4 is 30.0 Å². The number of anilines is 1. The van der Waals surface area contributed by atoms with E-state index >= 15 is 0 Å². The number of ether oxygens (including phenoxy) is 1. The van der Waals surface area contributed by atoms with Crippen LogP contribution >= 0.6 is 12.4 Å². The molecular formula is C19H29ClN4O3. The molecule has 0 bridgehead atoms. The molecule has 1 aromatic rings. The summed E-state index contributed by atoms with van der Waals surface area (Å²) in [6, 6.07) is 6.97. The molecule has 7 nitrogen and oxygen atoms in total. The molecule has 2 saturated heterocycles. The molecule has 3 rings (SSSR count). The zero-order chi connectivity index (χ0) is 18.4. The number of likely N-dealkylation sites (tertiary alicyclic amines) is 1. The number of halogens is 1. The molecule has 2 fully saturated rings. The van der Waals surface area contributed by atoms with E-state index in [1.807, 2.05) is 29.2 Å². The quantitative estimate of drug-likeness (QED) is 0.710. The van der Waals surface area contributed by atoms with Crippen LogP contribution in [-0.4, -0.2) is 49.2 Å². The van der Waals surface area contributed by atoms with Crippen molar-refractivity contribution in [1.82, 2.24) is 10.2 Å². The highest BCUT2D eigenvalue weighted by Crippen LogP contribution is 2.18. The van der Waals surface area contributed by atoms with Gasteiger partial charge in [-0.1, -0.05) is 12.1 Å². The van der Waals surface area contributed by atoms with Crippen LogP contribution in [0.5, 0.6) is 0 Å². The van der Waals surface area contributed by atoms with Gasteiger partial charge in [0.2, 0.25) is 5.91 Å². The molecule has 2 aliphatic rings. The Morgan fingerprint density at radius 2 is 1.93 bits per heavy atom. The number of carbonyl (C=O) groups excluding carboxylic acids is 2. The molecule has 0 aromatic heterocycles. The Hall–Kier alpha value is -1.83. The number of rotatable bonds is 5. The molecule has 8 heteroatoms. The van der Waals surface area contributed by atoms with Crippen molar-refractivity contribution in [2.24, 2.45) is 11.7 Å². The fourth-order valence-electron chi connectivity index (χ4n) is 3.48. The summed E-state index contributed by atoms with van der Waals surface area (Å²) in [5.74, 6) is 0.0400. The summed E-state index contributed by atoms with van der Waals surface area (Å²) >= 11 is 0. The van der Waals surface area contributed by atoms with Gasteiger partial charge in [-0.2, -0.15) is 0 Å². The third-order valence-electron chi connectivity index (χ3n) is 5.11. The van der Waals surface area contributed by atoms with Gasteiger partial charge < -0.3 is 26.0 Å². The van der Waals surface area contributed by atoms with E-state index in [4.69, 9.17) is 10.5 Å². The first-order chi connectivity index (χ1) is 12.6. The van der Waals surface area contributed by atoms with Gasteiger partial charge >= 0.3 is 6.03 Å². The van der Waals surface area contributed by atoms with Gasteiger partial charge in [0.15, 0.2) is 0 Å². The van der Waals surface area contributed by atoms with Crippen LogP contribution in [-0.2, 0) is 16.1 Å². The van der Waals surface area contributed by atoms with Crippen molar-refractivity contribution < 1.29 is 14.3 Å². The SMILES string of the molecule is Cl.NC(C(=O)NCc1cccc(NC(=O)N2CCCC2)c1)C1CCOCC1. The summed E-state index contributed by atoms with van der Waals surface area (Å²) in [4.78, 5) is 26.3. The van der Waals surface area contributed by atoms with Crippen LogP contribution < -0.4 is 16.4 Å². The number of urea groups is 1. The third kappa shape index (κ3) is 6.09. The molecule has 0 radical (unpaired) electrons. The van der Waals surface area contributed by atoms with Crippen LogP contribution in [0.3, 0.4) is 0 Å². The van der Waals surface area contributed by atoms with Crippen molar-refractivity contribution in [2.75, 3.05) is 31.6 Å². The van der Waals surface area contributed by atoms with Crippen LogP contribution in [0.1, 0.15) is 31.2 Å². The summed E-state index contributed by atoms with van der Waals surface area (Å²) in [7, 11) is 0. The molecule has 150 valence electrons. The number of nitrogens with two attached hydrogens (primary N) is 1. The van der Waals surface area contributed by atoms with E-state index < -0.39 is 6.04 Å². The van der Waals surface area contributed by atoms with Gasteiger partial charge in [0, 0.05) is 38.5 Å². The minimum absolute atomic E-state index is 0. The first kappa shape index (κ1) is 21.5. The molecule has 2 aliphatic heterocycles. The smallest absolute Gasteiger partial charge is 0.321 e. The van der Waals surface area contributed by atoms with E-state index in [0.29, 0.717) is 19.8 Å². The lowest BCUT2D eigenvalue weighted by atomic mass is 9.92. The monoisotopic (exact) mass is 396 g/mol. The normalized spacial score (nSPS) is 18.5. The maximum atomic E-state index is 12.3. The molecule has 2 heterocycles. The fraction of sp³-hybridized carbons (Fsp3) is 0.579. The van der Waals surface area contributed by atoms with E-state index in [-0.39, 0.29) is 30.3 Å². The van der Waals surface area contributed by atoms with Crippen LogP contribution in [0.25, 0.3) is 0 Å². The highest BCUT2D eigenvalue weighted by molar-refractivity contribution is 5.89. The second kappa shape index (κ2) is 10.5. The summed E-state index contributed by atoms with van der Waals surface area (Å²) < 4.78 is 5.32. The average Bonchev–Trinajstić information content (AvgIpc) is 3.21. The molecule has 27 heavy (non-hydrogen) atoms. The summed E-state index contributed by atoms with van der Waals surface area (Å²) in [6.07, 6.45) is 3.78. The zero-order valence-corrected chi connectivity index (χ0v) is 16.3. The number of nitrogens with zero attached hydrogens (tertiary/aromatic N) is 1. The van der Waals surface area contributed by atoms with Crippen molar-refractivity contribution in [3.8, 4) is 0 Å². The minimum Gasteiger partial charge on any atom is -0.381 e. The van der Waals surface area contributed by atoms with Gasteiger partial charge in [-0.3, -0.25) is 4.79 Å². The molecule has 1 atom stereocenters. The highest BCUT2D eigenvalue weighted by atomic mass is 35.5. The Balaban J connectivity index is 0.00000261. The minimum atomic E-state index is -0.503. The van der Waals surface area contributed by atoms with E-state index in [0.717, 1.165) is 50.0 Å². The predicted octanol–water partition coefficient (Wildman–Crippen LogP) is 2.11. The molecule has 4 N–H and O–H groups in total. The summed E-state index contributed by atoms with van der Waals surface area (Å²) in [5.41, 5.74) is 7.76. The Labute approximate surface area is 166 Å². The molecular weight excluding hydrogens is 368 g/mol.